The van der Waals surface area contributed by atoms with Gasteiger partial charge in [0.05, 0.1) is 31.4 Å². The molecule has 1 amide bonds. The van der Waals surface area contributed by atoms with E-state index in [-0.39, 0.29) is 18.0 Å². The molecule has 1 aliphatic rings. The first-order valence-corrected chi connectivity index (χ1v) is 8.47. The van der Waals surface area contributed by atoms with Crippen molar-refractivity contribution >= 4 is 12.0 Å². The van der Waals surface area contributed by atoms with E-state index in [1.54, 1.807) is 13.4 Å². The van der Waals surface area contributed by atoms with Crippen LogP contribution in [0.3, 0.4) is 0 Å². The van der Waals surface area contributed by atoms with E-state index < -0.39 is 0 Å². The van der Waals surface area contributed by atoms with E-state index >= 15 is 0 Å². The molecule has 2 atom stereocenters. The molecule has 1 aromatic carbocycles. The van der Waals surface area contributed by atoms with Gasteiger partial charge in [-0.15, -0.1) is 0 Å². The Morgan fingerprint density at radius 2 is 2.28 bits per heavy atom. The minimum atomic E-state index is -0.0617. The lowest BCUT2D eigenvalue weighted by Crippen LogP contribution is -2.49. The third-order valence-electron chi connectivity index (χ3n) is 4.51. The van der Waals surface area contributed by atoms with Crippen LogP contribution < -0.4 is 15.4 Å². The maximum Gasteiger partial charge on any atom is 0.220 e. The molecule has 2 aromatic rings. The number of hydrogen-bond acceptors (Lipinski definition) is 4. The summed E-state index contributed by atoms with van der Waals surface area (Å²) in [7, 11) is 3.62. The smallest absolute Gasteiger partial charge is 0.220 e. The highest BCUT2D eigenvalue weighted by molar-refractivity contribution is 5.77. The number of nitrogens with zero attached hydrogens (tertiary/aromatic N) is 2. The number of amides is 1. The summed E-state index contributed by atoms with van der Waals surface area (Å²) >= 11 is 0. The zero-order chi connectivity index (χ0) is 17.6. The number of imidazole rings is 1. The highest BCUT2D eigenvalue weighted by Crippen LogP contribution is 2.24. The van der Waals surface area contributed by atoms with Crippen molar-refractivity contribution in [2.45, 2.75) is 24.9 Å². The fourth-order valence-electron chi connectivity index (χ4n) is 3.18. The number of piperidine rings is 1. The van der Waals surface area contributed by atoms with Gasteiger partial charge in [0, 0.05) is 31.6 Å². The summed E-state index contributed by atoms with van der Waals surface area (Å²) in [5, 5.41) is 6.61. The molecule has 0 bridgehead atoms. The van der Waals surface area contributed by atoms with Gasteiger partial charge in [0.15, 0.2) is 0 Å². The first-order chi connectivity index (χ1) is 12.2. The van der Waals surface area contributed by atoms with Crippen molar-refractivity contribution < 1.29 is 9.53 Å². The van der Waals surface area contributed by atoms with Crippen LogP contribution in [0.5, 0.6) is 5.75 Å². The van der Waals surface area contributed by atoms with Crippen molar-refractivity contribution in [3.63, 3.8) is 0 Å². The Morgan fingerprint density at radius 3 is 3.04 bits per heavy atom. The summed E-state index contributed by atoms with van der Waals surface area (Å²) in [5.74, 6) is 0.949. The fraction of sp³-hybridized carbons (Fsp3) is 0.368. The van der Waals surface area contributed by atoms with Crippen LogP contribution in [0.25, 0.3) is 6.08 Å². The topological polar surface area (TPSA) is 68.2 Å². The van der Waals surface area contributed by atoms with Crippen LogP contribution in [0.4, 0.5) is 0 Å². The number of ether oxygens (including phenoxy) is 1. The normalized spacial score (nSPS) is 20.6. The van der Waals surface area contributed by atoms with Gasteiger partial charge in [-0.3, -0.25) is 4.79 Å². The number of aryl methyl sites for hydroxylation is 1. The first kappa shape index (κ1) is 17.2. The second-order valence-corrected chi connectivity index (χ2v) is 6.17. The first-order valence-electron chi connectivity index (χ1n) is 8.47. The molecule has 1 aromatic heterocycles. The zero-order valence-electron chi connectivity index (χ0n) is 14.6. The summed E-state index contributed by atoms with van der Waals surface area (Å²) < 4.78 is 7.31. The van der Waals surface area contributed by atoms with Crippen LogP contribution in [0.1, 0.15) is 30.1 Å². The van der Waals surface area contributed by atoms with Gasteiger partial charge in [-0.2, -0.15) is 0 Å². The number of nitrogens with one attached hydrogen (secondary N) is 2. The van der Waals surface area contributed by atoms with E-state index in [1.165, 1.54) is 0 Å². The Balaban J connectivity index is 1.64. The van der Waals surface area contributed by atoms with Crippen LogP contribution in [0.15, 0.2) is 42.9 Å². The van der Waals surface area contributed by atoms with Crippen molar-refractivity contribution in [1.29, 1.82) is 0 Å². The quantitative estimate of drug-likeness (QED) is 0.844. The van der Waals surface area contributed by atoms with Crippen LogP contribution in [-0.2, 0) is 11.8 Å². The molecular weight excluding hydrogens is 316 g/mol. The van der Waals surface area contributed by atoms with E-state index in [9.17, 15) is 4.79 Å². The predicted molar refractivity (Wildman–Crippen MR) is 97.1 cm³/mol. The lowest BCUT2D eigenvalue weighted by atomic mass is 9.95. The maximum atomic E-state index is 11.8. The standard InChI is InChI=1S/C19H24N4O2/c1-23-13-20-12-16(23)19-15(9-10-18(24)22-19)21-11-5-7-14-6-3-4-8-17(14)25-2/h3-8,12-13,15,19,21H,9-11H2,1-2H3,(H,22,24)/t15-,19-/m1/s1. The molecule has 0 saturated carbocycles. The summed E-state index contributed by atoms with van der Waals surface area (Å²) in [5.41, 5.74) is 2.06. The van der Waals surface area contributed by atoms with E-state index in [0.717, 1.165) is 23.4 Å². The molecular formula is C19H24N4O2. The highest BCUT2D eigenvalue weighted by atomic mass is 16.5. The number of para-hydroxylation sites is 1. The zero-order valence-corrected chi connectivity index (χ0v) is 14.6. The largest absolute Gasteiger partial charge is 0.496 e. The van der Waals surface area contributed by atoms with Crippen LogP contribution >= 0.6 is 0 Å². The van der Waals surface area contributed by atoms with Gasteiger partial charge in [-0.25, -0.2) is 4.98 Å². The van der Waals surface area contributed by atoms with Gasteiger partial charge in [0.2, 0.25) is 5.91 Å². The Bertz CT molecular complexity index is 753. The third kappa shape index (κ3) is 4.09. The van der Waals surface area contributed by atoms with E-state index in [4.69, 9.17) is 4.74 Å². The van der Waals surface area contributed by atoms with E-state index in [2.05, 4.69) is 21.7 Å². The number of methoxy groups -OCH3 is 1. The molecule has 25 heavy (non-hydrogen) atoms. The number of aromatic nitrogens is 2. The van der Waals surface area contributed by atoms with Crippen LogP contribution in [0.2, 0.25) is 0 Å². The van der Waals surface area contributed by atoms with Crippen LogP contribution in [0, 0.1) is 0 Å². The molecule has 6 nitrogen and oxygen atoms in total. The average Bonchev–Trinajstić information content (AvgIpc) is 3.06. The van der Waals surface area contributed by atoms with Gasteiger partial charge in [-0.05, 0) is 12.5 Å². The van der Waals surface area contributed by atoms with E-state index in [1.807, 2.05) is 48.2 Å². The van der Waals surface area contributed by atoms with Gasteiger partial charge in [-0.1, -0.05) is 30.4 Å². The molecule has 132 valence electrons. The van der Waals surface area contributed by atoms with Crippen molar-refractivity contribution in [2.75, 3.05) is 13.7 Å². The van der Waals surface area contributed by atoms with Gasteiger partial charge in [0.25, 0.3) is 0 Å². The van der Waals surface area contributed by atoms with Gasteiger partial charge < -0.3 is 19.9 Å². The Labute approximate surface area is 147 Å². The molecule has 6 heteroatoms. The Hall–Kier alpha value is -2.60. The molecule has 1 aliphatic heterocycles. The molecule has 0 unspecified atom stereocenters. The summed E-state index contributed by atoms with van der Waals surface area (Å²) in [6.45, 7) is 0.715. The molecule has 0 radical (unpaired) electrons. The van der Waals surface area contributed by atoms with Crippen molar-refractivity contribution in [2.24, 2.45) is 7.05 Å². The monoisotopic (exact) mass is 340 g/mol. The fourth-order valence-corrected chi connectivity index (χ4v) is 3.18. The Kier molecular flexibility index (Phi) is 5.50. The third-order valence-corrected chi connectivity index (χ3v) is 4.51. The summed E-state index contributed by atoms with van der Waals surface area (Å²) in [6.07, 6.45) is 9.05. The lowest BCUT2D eigenvalue weighted by Gasteiger charge is -2.32. The number of benzene rings is 1. The second-order valence-electron chi connectivity index (χ2n) is 6.17. The molecule has 1 fully saturated rings. The van der Waals surface area contributed by atoms with Crippen molar-refractivity contribution in [1.82, 2.24) is 20.2 Å². The summed E-state index contributed by atoms with van der Waals surface area (Å²) in [4.78, 5) is 16.0. The highest BCUT2D eigenvalue weighted by Gasteiger charge is 2.30. The van der Waals surface area contributed by atoms with Gasteiger partial charge >= 0.3 is 0 Å². The molecule has 0 spiro atoms. The number of carbonyl (C=O) groups is 1. The summed E-state index contributed by atoms with van der Waals surface area (Å²) in [6, 6.07) is 8.03. The molecule has 2 N–H and O–H groups in total. The molecule has 1 saturated heterocycles. The van der Waals surface area contributed by atoms with E-state index in [0.29, 0.717) is 13.0 Å². The molecule has 0 aliphatic carbocycles. The van der Waals surface area contributed by atoms with Crippen molar-refractivity contribution in [3.8, 4) is 5.75 Å². The number of hydrogen-bond donors (Lipinski definition) is 2. The van der Waals surface area contributed by atoms with Gasteiger partial charge in [0.1, 0.15) is 5.75 Å². The minimum absolute atomic E-state index is 0.0617. The Morgan fingerprint density at radius 1 is 1.44 bits per heavy atom. The minimum Gasteiger partial charge on any atom is -0.496 e. The molecule has 3 rings (SSSR count). The number of carbonyl (C=O) groups excluding carboxylic acids is 1. The SMILES string of the molecule is COc1ccccc1C=CCN[C@@H]1CCC(=O)N[C@H]1c1cncn1C. The average molecular weight is 340 g/mol. The second kappa shape index (κ2) is 7.98. The van der Waals surface area contributed by atoms with Crippen LogP contribution in [-0.4, -0.2) is 35.2 Å². The lowest BCUT2D eigenvalue weighted by molar-refractivity contribution is -0.124. The van der Waals surface area contributed by atoms with Crippen molar-refractivity contribution in [3.05, 3.63) is 54.1 Å². The number of rotatable bonds is 6. The molecule has 2 heterocycles. The maximum absolute atomic E-state index is 11.8. The predicted octanol–water partition coefficient (Wildman–Crippen LogP) is 2.05.